The maximum atomic E-state index is 13.2. The molecule has 0 aliphatic heterocycles. The van der Waals surface area contributed by atoms with Gasteiger partial charge in [-0.05, 0) is 73.3 Å². The van der Waals surface area contributed by atoms with Crippen molar-refractivity contribution in [3.63, 3.8) is 0 Å². The number of hydrogen-bond acceptors (Lipinski definition) is 6. The molecule has 1 fully saturated rings. The molecule has 198 valence electrons. The molecule has 2 aliphatic carbocycles. The van der Waals surface area contributed by atoms with Gasteiger partial charge < -0.3 is 9.52 Å². The average molecular weight is 533 g/mol. The van der Waals surface area contributed by atoms with E-state index in [4.69, 9.17) is 4.42 Å². The van der Waals surface area contributed by atoms with Crippen LogP contribution in [0.25, 0.3) is 0 Å². The summed E-state index contributed by atoms with van der Waals surface area (Å²) >= 11 is 0. The van der Waals surface area contributed by atoms with Gasteiger partial charge in [0, 0.05) is 30.3 Å². The number of pyridine rings is 1. The van der Waals surface area contributed by atoms with Crippen LogP contribution >= 0.6 is 0 Å². The van der Waals surface area contributed by atoms with Gasteiger partial charge in [-0.2, -0.15) is 8.42 Å². The van der Waals surface area contributed by atoms with Gasteiger partial charge in [0.15, 0.2) is 5.03 Å². The number of anilines is 1. The van der Waals surface area contributed by atoms with Crippen LogP contribution in [0.5, 0.6) is 5.75 Å². The molecule has 1 saturated carbocycles. The SMILES string of the molecule is CCC1(CCc2cc(O)c([C@H](c3cccc(NS(=O)(=O)c4ccccn4)c3)C3CC3)c(=O)o2)C=CC=CC1. The predicted octanol–water partition coefficient (Wildman–Crippen LogP) is 5.93. The van der Waals surface area contributed by atoms with Crippen LogP contribution in [-0.4, -0.2) is 18.5 Å². The summed E-state index contributed by atoms with van der Waals surface area (Å²) in [4.78, 5) is 17.2. The highest BCUT2D eigenvalue weighted by Gasteiger charge is 2.37. The number of allylic oxidation sites excluding steroid dienone is 4. The Balaban J connectivity index is 1.40. The van der Waals surface area contributed by atoms with Crippen molar-refractivity contribution < 1.29 is 17.9 Å². The minimum Gasteiger partial charge on any atom is -0.507 e. The highest BCUT2D eigenvalue weighted by Crippen LogP contribution is 2.48. The molecule has 0 radical (unpaired) electrons. The van der Waals surface area contributed by atoms with Gasteiger partial charge >= 0.3 is 5.63 Å². The summed E-state index contributed by atoms with van der Waals surface area (Å²) in [5, 5.41) is 11.0. The number of rotatable bonds is 10. The number of aromatic nitrogens is 1. The first-order valence-electron chi connectivity index (χ1n) is 13.0. The smallest absolute Gasteiger partial charge is 0.343 e. The van der Waals surface area contributed by atoms with E-state index in [0.29, 0.717) is 17.9 Å². The summed E-state index contributed by atoms with van der Waals surface area (Å²) in [6.07, 6.45) is 15.0. The molecule has 3 aromatic rings. The zero-order chi connectivity index (χ0) is 26.8. The Hall–Kier alpha value is -3.65. The molecule has 0 bridgehead atoms. The molecule has 0 spiro atoms. The topological polar surface area (TPSA) is 110 Å². The fourth-order valence-corrected chi connectivity index (χ4v) is 6.27. The number of benzene rings is 1. The van der Waals surface area contributed by atoms with E-state index >= 15 is 0 Å². The summed E-state index contributed by atoms with van der Waals surface area (Å²) in [5.41, 5.74) is 0.820. The molecular formula is C30H32N2O5S. The number of nitrogens with one attached hydrogen (secondary N) is 1. The zero-order valence-electron chi connectivity index (χ0n) is 21.3. The van der Waals surface area contributed by atoms with Gasteiger partial charge in [0.2, 0.25) is 0 Å². The third kappa shape index (κ3) is 5.60. The largest absolute Gasteiger partial charge is 0.507 e. The number of aryl methyl sites for hydroxylation is 1. The van der Waals surface area contributed by atoms with Crippen LogP contribution in [0.4, 0.5) is 5.69 Å². The predicted molar refractivity (Wildman–Crippen MR) is 147 cm³/mol. The zero-order valence-corrected chi connectivity index (χ0v) is 22.2. The third-order valence-electron chi connectivity index (χ3n) is 7.63. The van der Waals surface area contributed by atoms with Crippen molar-refractivity contribution >= 4 is 15.7 Å². The van der Waals surface area contributed by atoms with E-state index in [1.807, 2.05) is 12.1 Å². The van der Waals surface area contributed by atoms with E-state index in [9.17, 15) is 18.3 Å². The third-order valence-corrected chi connectivity index (χ3v) is 8.92. The molecule has 0 amide bonds. The maximum Gasteiger partial charge on any atom is 0.343 e. The molecule has 8 heteroatoms. The van der Waals surface area contributed by atoms with Crippen molar-refractivity contribution in [1.82, 2.24) is 4.98 Å². The van der Waals surface area contributed by atoms with Crippen molar-refractivity contribution in [3.05, 3.63) is 106 Å². The molecule has 0 saturated heterocycles. The normalized spacial score (nSPS) is 19.8. The van der Waals surface area contributed by atoms with Crippen molar-refractivity contribution in [3.8, 4) is 5.75 Å². The van der Waals surface area contributed by atoms with Crippen LogP contribution in [0, 0.1) is 11.3 Å². The Morgan fingerprint density at radius 2 is 2.00 bits per heavy atom. The van der Waals surface area contributed by atoms with Gasteiger partial charge in [-0.15, -0.1) is 0 Å². The Morgan fingerprint density at radius 3 is 2.66 bits per heavy atom. The summed E-state index contributed by atoms with van der Waals surface area (Å²) < 4.78 is 33.9. The van der Waals surface area contributed by atoms with E-state index in [1.54, 1.807) is 36.4 Å². The second-order valence-electron chi connectivity index (χ2n) is 10.2. The number of hydrogen-bond donors (Lipinski definition) is 2. The molecule has 2 atom stereocenters. The summed E-state index contributed by atoms with van der Waals surface area (Å²) in [6, 6.07) is 13.2. The highest BCUT2D eigenvalue weighted by molar-refractivity contribution is 7.92. The summed E-state index contributed by atoms with van der Waals surface area (Å²) in [6.45, 7) is 2.16. The number of nitrogens with zero attached hydrogens (tertiary/aromatic N) is 1. The van der Waals surface area contributed by atoms with Crippen LogP contribution in [0.2, 0.25) is 0 Å². The lowest BCUT2D eigenvalue weighted by Crippen LogP contribution is -2.20. The molecule has 38 heavy (non-hydrogen) atoms. The van der Waals surface area contributed by atoms with Crippen molar-refractivity contribution in [2.24, 2.45) is 11.3 Å². The molecule has 7 nitrogen and oxygen atoms in total. The minimum atomic E-state index is -3.87. The Labute approximate surface area is 223 Å². The van der Waals surface area contributed by atoms with Crippen LogP contribution < -0.4 is 10.3 Å². The van der Waals surface area contributed by atoms with E-state index in [2.05, 4.69) is 34.9 Å². The Bertz CT molecular complexity index is 1520. The van der Waals surface area contributed by atoms with Crippen molar-refractivity contribution in [2.75, 3.05) is 4.72 Å². The Kier molecular flexibility index (Phi) is 7.25. The van der Waals surface area contributed by atoms with Gasteiger partial charge in [-0.25, -0.2) is 9.78 Å². The van der Waals surface area contributed by atoms with E-state index in [0.717, 1.165) is 37.7 Å². The number of aromatic hydroxyl groups is 1. The fraction of sp³-hybridized carbons (Fsp3) is 0.333. The maximum absolute atomic E-state index is 13.2. The van der Waals surface area contributed by atoms with Gasteiger partial charge in [-0.3, -0.25) is 4.72 Å². The molecule has 2 aromatic heterocycles. The molecule has 2 aliphatic rings. The second kappa shape index (κ2) is 10.6. The molecule has 1 aromatic carbocycles. The summed E-state index contributed by atoms with van der Waals surface area (Å²) in [7, 11) is -3.87. The van der Waals surface area contributed by atoms with Crippen LogP contribution in [-0.2, 0) is 16.4 Å². The first kappa shape index (κ1) is 26.0. The lowest BCUT2D eigenvalue weighted by molar-refractivity contribution is 0.318. The first-order chi connectivity index (χ1) is 18.3. The second-order valence-corrected chi connectivity index (χ2v) is 11.8. The molecule has 2 N–H and O–H groups in total. The fourth-order valence-electron chi connectivity index (χ4n) is 5.27. The molecular weight excluding hydrogens is 500 g/mol. The van der Waals surface area contributed by atoms with E-state index in [-0.39, 0.29) is 27.7 Å². The van der Waals surface area contributed by atoms with Gasteiger partial charge in [0.05, 0.1) is 5.56 Å². The lowest BCUT2D eigenvalue weighted by Gasteiger charge is -2.30. The lowest BCUT2D eigenvalue weighted by atomic mass is 9.75. The van der Waals surface area contributed by atoms with E-state index < -0.39 is 21.6 Å². The van der Waals surface area contributed by atoms with Crippen LogP contribution in [0.3, 0.4) is 0 Å². The molecule has 2 heterocycles. The van der Waals surface area contributed by atoms with Crippen molar-refractivity contribution in [2.45, 2.75) is 56.4 Å². The van der Waals surface area contributed by atoms with Crippen LogP contribution in [0.1, 0.15) is 61.8 Å². The molecule has 1 unspecified atom stereocenters. The van der Waals surface area contributed by atoms with Gasteiger partial charge in [0.25, 0.3) is 10.0 Å². The van der Waals surface area contributed by atoms with Gasteiger partial charge in [0.1, 0.15) is 11.5 Å². The standard InChI is InChI=1S/C30H32N2O5S/c1-2-30(15-5-3-6-16-30)17-14-24-20-25(33)28(29(34)37-24)27(21-12-13-21)22-9-8-10-23(19-22)32-38(35,36)26-11-4-7-18-31-26/h3-11,15,18-21,27,32-33H,2,12-14,16-17H2,1H3/t27-,30?/m0/s1. The quantitative estimate of drug-likeness (QED) is 0.335. The number of sulfonamides is 1. The minimum absolute atomic E-state index is 0.0290. The molecule has 5 rings (SSSR count). The monoisotopic (exact) mass is 532 g/mol. The van der Waals surface area contributed by atoms with E-state index in [1.165, 1.54) is 12.3 Å². The Morgan fingerprint density at radius 1 is 1.16 bits per heavy atom. The summed E-state index contributed by atoms with van der Waals surface area (Å²) in [5.74, 6) is 0.170. The first-order valence-corrected chi connectivity index (χ1v) is 14.5. The van der Waals surface area contributed by atoms with Gasteiger partial charge in [-0.1, -0.05) is 49.4 Å². The highest BCUT2D eigenvalue weighted by atomic mass is 32.2. The average Bonchev–Trinajstić information content (AvgIpc) is 3.76. The van der Waals surface area contributed by atoms with Crippen molar-refractivity contribution in [1.29, 1.82) is 0 Å². The van der Waals surface area contributed by atoms with Crippen LogP contribution in [0.15, 0.2) is 93.3 Å².